The number of carbonyl (C=O) groups excluding carboxylic acids is 1. The standard InChI is InChI=1S/C22H28N2O3.ClH/c1-4-22-7-5-6-12-15(23)8-14-13-9-17(26-2)18(27-3)10-16(13)24(19(25)11-22)21(14)20(12)22;/h9-10,12,15,20H,4-8,11,23H2,1-3H3;1H/t12-,15+,20-,22+;/m0./s1. The topological polar surface area (TPSA) is 66.5 Å². The molecule has 2 heterocycles. The van der Waals surface area contributed by atoms with Crippen LogP contribution < -0.4 is 15.2 Å². The Bertz CT molecular complexity index is 953. The maximum absolute atomic E-state index is 13.4. The predicted octanol–water partition coefficient (Wildman–Crippen LogP) is 4.29. The maximum Gasteiger partial charge on any atom is 0.231 e. The number of nitrogens with two attached hydrogens (primary N) is 1. The van der Waals surface area contributed by atoms with E-state index in [-0.39, 0.29) is 29.8 Å². The molecule has 152 valence electrons. The van der Waals surface area contributed by atoms with E-state index in [0.717, 1.165) is 30.2 Å². The van der Waals surface area contributed by atoms with Gasteiger partial charge in [-0.25, -0.2) is 0 Å². The Labute approximate surface area is 172 Å². The van der Waals surface area contributed by atoms with Crippen LogP contribution >= 0.6 is 12.4 Å². The molecule has 1 saturated carbocycles. The number of hydrogen-bond acceptors (Lipinski definition) is 4. The van der Waals surface area contributed by atoms with Crippen molar-refractivity contribution in [2.45, 2.75) is 57.4 Å². The number of nitrogens with zero attached hydrogens (tertiary/aromatic N) is 1. The maximum atomic E-state index is 13.4. The normalized spacial score (nSPS) is 30.6. The first-order valence-corrected chi connectivity index (χ1v) is 10.1. The summed E-state index contributed by atoms with van der Waals surface area (Å²) in [6.45, 7) is 2.25. The Balaban J connectivity index is 0.00000192. The number of rotatable bonds is 3. The third-order valence-corrected chi connectivity index (χ3v) is 7.66. The SMILES string of the molecule is CC[C@@]12CCC[C@H]3[C@H](N)Cc4c(n(c5cc(OC)c(OC)cc45)C(=O)C1)[C@H]32.Cl. The van der Waals surface area contributed by atoms with Gasteiger partial charge in [-0.05, 0) is 48.6 Å². The number of halogens is 1. The number of methoxy groups -OCH3 is 2. The van der Waals surface area contributed by atoms with Crippen molar-refractivity contribution < 1.29 is 14.3 Å². The van der Waals surface area contributed by atoms with Crippen molar-refractivity contribution in [3.63, 3.8) is 0 Å². The third kappa shape index (κ3) is 2.32. The molecule has 1 aliphatic heterocycles. The second-order valence-electron chi connectivity index (χ2n) is 8.61. The molecule has 2 aromatic rings. The first kappa shape index (κ1) is 19.6. The van der Waals surface area contributed by atoms with Crippen LogP contribution in [-0.2, 0) is 6.42 Å². The van der Waals surface area contributed by atoms with Crippen LogP contribution in [-0.4, -0.2) is 30.7 Å². The van der Waals surface area contributed by atoms with E-state index >= 15 is 0 Å². The fourth-order valence-corrected chi connectivity index (χ4v) is 6.42. The average Bonchev–Trinajstić information content (AvgIpc) is 3.00. The van der Waals surface area contributed by atoms with Gasteiger partial charge in [-0.15, -0.1) is 12.4 Å². The molecule has 2 N–H and O–H groups in total. The lowest BCUT2D eigenvalue weighted by atomic mass is 9.52. The van der Waals surface area contributed by atoms with Gasteiger partial charge >= 0.3 is 0 Å². The molecule has 5 nitrogen and oxygen atoms in total. The van der Waals surface area contributed by atoms with Gasteiger partial charge in [0.1, 0.15) is 0 Å². The Kier molecular flexibility index (Phi) is 4.66. The fourth-order valence-electron chi connectivity index (χ4n) is 6.42. The van der Waals surface area contributed by atoms with Crippen LogP contribution in [0.4, 0.5) is 0 Å². The molecule has 6 heteroatoms. The number of hydrogen-bond donors (Lipinski definition) is 1. The van der Waals surface area contributed by atoms with E-state index in [1.807, 2.05) is 16.7 Å². The Morgan fingerprint density at radius 2 is 1.96 bits per heavy atom. The number of fused-ring (bicyclic) bond motifs is 3. The summed E-state index contributed by atoms with van der Waals surface area (Å²) in [4.78, 5) is 13.4. The smallest absolute Gasteiger partial charge is 0.231 e. The minimum Gasteiger partial charge on any atom is -0.493 e. The van der Waals surface area contributed by atoms with E-state index in [0.29, 0.717) is 29.8 Å². The molecule has 5 rings (SSSR count). The van der Waals surface area contributed by atoms with Crippen LogP contribution in [0.25, 0.3) is 10.9 Å². The molecule has 1 fully saturated rings. The minimum absolute atomic E-state index is 0. The number of carbonyl (C=O) groups is 1. The van der Waals surface area contributed by atoms with Crippen molar-refractivity contribution in [2.75, 3.05) is 14.2 Å². The highest BCUT2D eigenvalue weighted by atomic mass is 35.5. The Hall–Kier alpha value is -1.72. The van der Waals surface area contributed by atoms with Crippen LogP contribution in [0, 0.1) is 11.3 Å². The van der Waals surface area contributed by atoms with Crippen LogP contribution in [0.1, 0.15) is 61.0 Å². The Morgan fingerprint density at radius 3 is 2.64 bits per heavy atom. The molecule has 0 amide bonds. The highest BCUT2D eigenvalue weighted by Gasteiger charge is 2.55. The summed E-state index contributed by atoms with van der Waals surface area (Å²) in [5.41, 5.74) is 10.2. The zero-order valence-electron chi connectivity index (χ0n) is 16.8. The number of benzene rings is 1. The lowest BCUT2D eigenvalue weighted by molar-refractivity contribution is 0.0328. The third-order valence-electron chi connectivity index (χ3n) is 7.66. The minimum atomic E-state index is 0. The molecule has 1 aromatic heterocycles. The van der Waals surface area contributed by atoms with E-state index in [4.69, 9.17) is 15.2 Å². The van der Waals surface area contributed by atoms with Gasteiger partial charge in [0, 0.05) is 35.5 Å². The zero-order chi connectivity index (χ0) is 18.9. The summed E-state index contributed by atoms with van der Waals surface area (Å²) in [7, 11) is 3.29. The second-order valence-corrected chi connectivity index (χ2v) is 8.61. The molecule has 0 spiro atoms. The highest BCUT2D eigenvalue weighted by Crippen LogP contribution is 2.61. The first-order chi connectivity index (χ1) is 13.0. The van der Waals surface area contributed by atoms with Crippen molar-refractivity contribution in [1.29, 1.82) is 0 Å². The average molecular weight is 405 g/mol. The van der Waals surface area contributed by atoms with Crippen LogP contribution in [0.15, 0.2) is 12.1 Å². The van der Waals surface area contributed by atoms with Gasteiger partial charge in [-0.2, -0.15) is 0 Å². The summed E-state index contributed by atoms with van der Waals surface area (Å²) in [5.74, 6) is 2.46. The molecule has 3 aliphatic rings. The molecule has 2 aliphatic carbocycles. The monoisotopic (exact) mass is 404 g/mol. The summed E-state index contributed by atoms with van der Waals surface area (Å²) in [5, 5.41) is 1.10. The van der Waals surface area contributed by atoms with E-state index in [9.17, 15) is 4.79 Å². The van der Waals surface area contributed by atoms with Gasteiger partial charge in [-0.3, -0.25) is 9.36 Å². The number of aromatic nitrogens is 1. The quantitative estimate of drug-likeness (QED) is 0.828. The summed E-state index contributed by atoms with van der Waals surface area (Å²) >= 11 is 0. The van der Waals surface area contributed by atoms with Crippen molar-refractivity contribution in [3.05, 3.63) is 23.4 Å². The second kappa shape index (κ2) is 6.67. The molecule has 0 saturated heterocycles. The van der Waals surface area contributed by atoms with E-state index in [1.165, 1.54) is 24.1 Å². The molecule has 0 bridgehead atoms. The first-order valence-electron chi connectivity index (χ1n) is 10.1. The van der Waals surface area contributed by atoms with E-state index in [1.54, 1.807) is 14.2 Å². The zero-order valence-corrected chi connectivity index (χ0v) is 17.6. The highest BCUT2D eigenvalue weighted by molar-refractivity contribution is 5.99. The molecule has 28 heavy (non-hydrogen) atoms. The lowest BCUT2D eigenvalue weighted by Crippen LogP contribution is -2.52. The summed E-state index contributed by atoms with van der Waals surface area (Å²) in [6, 6.07) is 4.16. The van der Waals surface area contributed by atoms with Crippen LogP contribution in [0.3, 0.4) is 0 Å². The van der Waals surface area contributed by atoms with Gasteiger partial charge in [0.05, 0.1) is 19.7 Å². The van der Waals surface area contributed by atoms with Crippen molar-refractivity contribution in [1.82, 2.24) is 4.57 Å². The molecular weight excluding hydrogens is 376 g/mol. The van der Waals surface area contributed by atoms with E-state index < -0.39 is 0 Å². The fraction of sp³-hybridized carbons (Fsp3) is 0.591. The lowest BCUT2D eigenvalue weighted by Gasteiger charge is -2.54. The van der Waals surface area contributed by atoms with Gasteiger partial charge in [0.15, 0.2) is 11.5 Å². The molecule has 0 unspecified atom stereocenters. The Morgan fingerprint density at radius 1 is 1.25 bits per heavy atom. The summed E-state index contributed by atoms with van der Waals surface area (Å²) in [6.07, 6.45) is 6.00. The van der Waals surface area contributed by atoms with Gasteiger partial charge < -0.3 is 15.2 Å². The molecular formula is C22H29ClN2O3. The van der Waals surface area contributed by atoms with Crippen LogP contribution in [0.2, 0.25) is 0 Å². The van der Waals surface area contributed by atoms with Crippen molar-refractivity contribution in [3.8, 4) is 11.5 Å². The van der Waals surface area contributed by atoms with Crippen molar-refractivity contribution >= 4 is 29.2 Å². The predicted molar refractivity (Wildman–Crippen MR) is 112 cm³/mol. The van der Waals surface area contributed by atoms with Gasteiger partial charge in [0.2, 0.25) is 5.91 Å². The van der Waals surface area contributed by atoms with E-state index in [2.05, 4.69) is 6.92 Å². The largest absolute Gasteiger partial charge is 0.493 e. The van der Waals surface area contributed by atoms with Gasteiger partial charge in [-0.1, -0.05) is 13.3 Å². The summed E-state index contributed by atoms with van der Waals surface area (Å²) < 4.78 is 13.1. The van der Waals surface area contributed by atoms with Gasteiger partial charge in [0.25, 0.3) is 0 Å². The molecule has 4 atom stereocenters. The van der Waals surface area contributed by atoms with Crippen LogP contribution in [0.5, 0.6) is 11.5 Å². The number of ether oxygens (including phenoxy) is 2. The van der Waals surface area contributed by atoms with Crippen molar-refractivity contribution in [2.24, 2.45) is 17.1 Å². The molecule has 1 aromatic carbocycles. The molecule has 0 radical (unpaired) electrons.